The van der Waals surface area contributed by atoms with E-state index >= 15 is 19.2 Å². The van der Waals surface area contributed by atoms with Crippen LogP contribution in [0, 0.1) is 47.3 Å². The summed E-state index contributed by atoms with van der Waals surface area (Å²) in [6, 6.07) is -13.3. The molecule has 1 aromatic carbocycles. The summed E-state index contributed by atoms with van der Waals surface area (Å²) in [7, 11) is 0. The first-order valence-corrected chi connectivity index (χ1v) is 52.6. The maximum Gasteiger partial charge on any atom is 0.243 e. The first-order valence-electron chi connectivity index (χ1n) is 52.6. The molecule has 15 atom stereocenters. The molecule has 43 heteroatoms. The maximum atomic E-state index is 15.3. The smallest absolute Gasteiger partial charge is 0.243 e. The second-order valence-electron chi connectivity index (χ2n) is 41.5. The largest absolute Gasteiger partial charge is 0.508 e. The van der Waals surface area contributed by atoms with Gasteiger partial charge in [-0.2, -0.15) is 0 Å². The summed E-state index contributed by atoms with van der Waals surface area (Å²) in [4.78, 5) is 244. The molecule has 0 saturated heterocycles. The molecule has 0 heterocycles. The molecule has 0 unspecified atom stereocenters. The van der Waals surface area contributed by atoms with Gasteiger partial charge in [0.1, 0.15) is 90.3 Å². The van der Waals surface area contributed by atoms with Gasteiger partial charge in [0.15, 0.2) is 0 Å². The number of nitrogens with one attached hydrogen (secondary N) is 17. The lowest BCUT2D eigenvalue weighted by atomic mass is 9.98. The fourth-order valence-corrected chi connectivity index (χ4v) is 16.2. The molecule has 0 aliphatic heterocycles. The van der Waals surface area contributed by atoms with Gasteiger partial charge in [-0.25, -0.2) is 5.84 Å². The minimum atomic E-state index is -1.51. The number of unbranched alkanes of at least 4 members (excludes halogenated alkanes) is 8. The summed E-state index contributed by atoms with van der Waals surface area (Å²) < 4.78 is 0. The van der Waals surface area contributed by atoms with E-state index in [1.807, 2.05) is 83.1 Å². The second kappa shape index (κ2) is 74.6. The number of carbonyl (C=O) groups is 17. The lowest BCUT2D eigenvalue weighted by molar-refractivity contribution is -0.137. The molecule has 0 aliphatic carbocycles. The van der Waals surface area contributed by atoms with E-state index in [4.69, 9.17) is 46.0 Å². The summed E-state index contributed by atoms with van der Waals surface area (Å²) in [5.41, 5.74) is 44.1. The van der Waals surface area contributed by atoms with Crippen molar-refractivity contribution in [3.8, 4) is 5.75 Å². The summed E-state index contributed by atoms with van der Waals surface area (Å²) in [5.74, 6) is -8.57. The zero-order chi connectivity index (χ0) is 109. The number of phenols is 1. The van der Waals surface area contributed by atoms with Crippen molar-refractivity contribution in [1.29, 1.82) is 0 Å². The predicted molar refractivity (Wildman–Crippen MR) is 557 cm³/mol. The number of rotatable bonds is 79. The van der Waals surface area contributed by atoms with Crippen LogP contribution in [-0.4, -0.2) is 249 Å². The van der Waals surface area contributed by atoms with Crippen LogP contribution in [0.5, 0.6) is 5.75 Å². The van der Waals surface area contributed by atoms with Crippen LogP contribution >= 0.6 is 0 Å². The highest BCUT2D eigenvalue weighted by Gasteiger charge is 2.40. The molecule has 17 amide bonds. The number of hydrogen-bond donors (Lipinski definition) is 26. The van der Waals surface area contributed by atoms with Crippen LogP contribution in [-0.2, 0) is 87.9 Å². The number of carbonyl (C=O) groups excluding carboxylic acids is 17. The summed E-state index contributed by atoms with van der Waals surface area (Å²) in [6.07, 6.45) is 7.91. The van der Waals surface area contributed by atoms with E-state index in [1.165, 1.54) is 24.3 Å². The van der Waals surface area contributed by atoms with Gasteiger partial charge < -0.3 is 130 Å². The lowest BCUT2D eigenvalue weighted by Gasteiger charge is -2.30. The van der Waals surface area contributed by atoms with Gasteiger partial charge in [-0.1, -0.05) is 129 Å². The van der Waals surface area contributed by atoms with Gasteiger partial charge in [0, 0.05) is 19.4 Å². The number of hydrazine groups is 1. The van der Waals surface area contributed by atoms with Gasteiger partial charge >= 0.3 is 0 Å². The number of nitrogens with two attached hydrogens (primary N) is 8. The molecule has 34 N–H and O–H groups in total. The van der Waals surface area contributed by atoms with Crippen LogP contribution in [0.4, 0.5) is 0 Å². The monoisotopic (exact) mass is 2040 g/mol. The molecule has 43 nitrogen and oxygen atoms in total. The fraction of sp³-hybridized carbons (Fsp3) is 0.772. The predicted octanol–water partition coefficient (Wildman–Crippen LogP) is 0.975. The Morgan fingerprint density at radius 1 is 0.243 bits per heavy atom. The Labute approximate surface area is 855 Å². The minimum Gasteiger partial charge on any atom is -0.508 e. The molecule has 0 saturated carbocycles. The normalized spacial score (nSPS) is 14.7. The molecule has 1 rings (SSSR count). The van der Waals surface area contributed by atoms with Crippen molar-refractivity contribution in [1.82, 2.24) is 90.5 Å². The Bertz CT molecular complexity index is 4010. The van der Waals surface area contributed by atoms with Gasteiger partial charge in [0.05, 0.1) is 12.6 Å². The van der Waals surface area contributed by atoms with Gasteiger partial charge in [0.25, 0.3) is 0 Å². The molecule has 1 aromatic rings. The minimum absolute atomic E-state index is 0.0105. The highest BCUT2D eigenvalue weighted by molar-refractivity contribution is 6.01. The van der Waals surface area contributed by atoms with Crippen molar-refractivity contribution >= 4 is 100 Å². The number of phenolic OH excluding ortho intramolecular Hbond substituents is 1. The average molecular weight is 2040 g/mol. The van der Waals surface area contributed by atoms with E-state index in [2.05, 4.69) is 90.5 Å². The first kappa shape index (κ1) is 132. The van der Waals surface area contributed by atoms with Gasteiger partial charge in [-0.15, -0.1) is 0 Å². The molecule has 0 bridgehead atoms. The SMILES string of the molecule is CC(C)C[C@H](NC(=O)[C@H](CCCCN)NC(=O)[C@H](CC(C)C)NC(=O)[C@H](CC(C)C)NC(=O)[C@H](CCCCN)NC(=O)[C@H](Cc1ccc(O)cc1)NC(=O)[C@H](CC(C)C)NC(=O)[C@H](CC(C)C)NC(=O)[C@H](CCCCN)NC(=O)[C@H](CC(C)C)NC(=O)[C@H](CC(C)C)NC(=O)[C@H](CCCCN)NC(=O)[C@H](CCCCN)NC(=O)[C@@H](N)CC(C)C)C(=O)N[C@@H](CCCCN)C(=O)NCC(=O)NCCCCCC(=O)NN. The molecule has 0 aliphatic rings. The van der Waals surface area contributed by atoms with E-state index < -0.39 is 192 Å². The number of amides is 17. The lowest BCUT2D eigenvalue weighted by Crippen LogP contribution is -2.61. The van der Waals surface area contributed by atoms with E-state index in [1.54, 1.807) is 27.7 Å². The quantitative estimate of drug-likeness (QED) is 0.0187. The number of hydrogen-bond acceptors (Lipinski definition) is 26. The molecule has 0 fully saturated rings. The van der Waals surface area contributed by atoms with Gasteiger partial charge in [-0.05, 0) is 284 Å². The highest BCUT2D eigenvalue weighted by atomic mass is 16.3. The Morgan fingerprint density at radius 3 is 0.694 bits per heavy atom. The van der Waals surface area contributed by atoms with E-state index in [0.29, 0.717) is 115 Å². The van der Waals surface area contributed by atoms with Crippen LogP contribution in [0.2, 0.25) is 0 Å². The molecule has 824 valence electrons. The summed E-state index contributed by atoms with van der Waals surface area (Å²) >= 11 is 0. The Balaban J connectivity index is 3.88. The molecule has 144 heavy (non-hydrogen) atoms. The van der Waals surface area contributed by atoms with Gasteiger partial charge in [0.2, 0.25) is 100 Å². The standard InChI is InChI=1S/C101H187N25O18/c1-60(2)50-70(108)87(130)112-72(33-20-26-44-103)89(132)114-73(34-21-27-45-104)90(133)119-80(54-64(9)10)97(140)122-79(53-63(7)8)96(139)116-75(36-23-29-47-106)92(135)120-82(56-66(13)14)99(142)124-83(57-67(15)16)100(143)125-84(58-68-39-41-69(127)42-40-68)101(144)117-76(37-24-30-48-107)93(136)121-81(55-65(11)12)98(141)123-78(52-62(5)6)95(138)115-74(35-22-28-46-105)91(134)118-77(51-61(3)4)94(137)113-71(32-19-25-43-102)88(131)111-59-86(129)110-49-31-17-18-38-85(128)126-109/h39-42,60-67,70-84,127H,17-38,43-59,102-109H2,1-16H3,(H,110,129)(H,111,131)(H,112,130)(H,113,137)(H,114,132)(H,115,138)(H,116,139)(H,117,144)(H,118,134)(H,119,133)(H,120,135)(H,121,136)(H,122,140)(H,123,141)(H,124,142)(H,125,143)(H,126,128)/t70-,71-,72-,73-,74-,75-,76-,77-,78-,79-,80-,81-,82-,83-,84-/m0/s1. The summed E-state index contributed by atoms with van der Waals surface area (Å²) in [6.45, 7) is 30.7. The van der Waals surface area contributed by atoms with Crippen molar-refractivity contribution in [3.05, 3.63) is 29.8 Å². The molecule has 0 aromatic heterocycles. The third-order valence-corrected chi connectivity index (χ3v) is 23.9. The third-order valence-electron chi connectivity index (χ3n) is 23.9. The van der Waals surface area contributed by atoms with Gasteiger partial charge in [-0.3, -0.25) is 86.9 Å². The van der Waals surface area contributed by atoms with Crippen LogP contribution in [0.3, 0.4) is 0 Å². The zero-order valence-electron chi connectivity index (χ0n) is 89.2. The van der Waals surface area contributed by atoms with Crippen molar-refractivity contribution in [2.24, 2.45) is 93.3 Å². The topological polar surface area (TPSA) is 723 Å². The van der Waals surface area contributed by atoms with Crippen LogP contribution < -0.4 is 136 Å². The first-order chi connectivity index (χ1) is 68.1. The second-order valence-corrected chi connectivity index (χ2v) is 41.5. The van der Waals surface area contributed by atoms with E-state index in [-0.39, 0.29) is 194 Å². The zero-order valence-corrected chi connectivity index (χ0v) is 89.2. The average Bonchev–Trinajstić information content (AvgIpc) is 0.849. The summed E-state index contributed by atoms with van der Waals surface area (Å²) in [5, 5.41) is 55.2. The van der Waals surface area contributed by atoms with Crippen molar-refractivity contribution in [3.63, 3.8) is 0 Å². The van der Waals surface area contributed by atoms with Crippen LogP contribution in [0.25, 0.3) is 0 Å². The molecule has 0 radical (unpaired) electrons. The fourth-order valence-electron chi connectivity index (χ4n) is 16.2. The molecule has 0 spiro atoms. The Hall–Kier alpha value is -10.3. The molecular weight excluding hydrogens is 1850 g/mol. The van der Waals surface area contributed by atoms with E-state index in [0.717, 1.165) is 0 Å². The van der Waals surface area contributed by atoms with Crippen LogP contribution in [0.1, 0.15) is 309 Å². The number of aromatic hydroxyl groups is 1. The maximum absolute atomic E-state index is 15.3. The Kier molecular flexibility index (Phi) is 68.2. The Morgan fingerprint density at radius 2 is 0.458 bits per heavy atom. The molecular formula is C101H187N25O18. The number of benzene rings is 1. The van der Waals surface area contributed by atoms with Crippen molar-refractivity contribution < 1.29 is 86.6 Å². The van der Waals surface area contributed by atoms with Crippen molar-refractivity contribution in [2.75, 3.05) is 52.4 Å². The van der Waals surface area contributed by atoms with E-state index in [9.17, 15) is 67.4 Å². The van der Waals surface area contributed by atoms with Crippen molar-refractivity contribution in [2.45, 2.75) is 400 Å². The third kappa shape index (κ3) is 57.6. The van der Waals surface area contributed by atoms with Crippen LogP contribution in [0.15, 0.2) is 24.3 Å². The highest BCUT2D eigenvalue weighted by Crippen LogP contribution is 2.21.